The second-order valence-electron chi connectivity index (χ2n) is 2.85. The van der Waals surface area contributed by atoms with Crippen LogP contribution in [0.25, 0.3) is 0 Å². The fourth-order valence-corrected chi connectivity index (χ4v) is 1.22. The summed E-state index contributed by atoms with van der Waals surface area (Å²) in [7, 11) is 0. The molecule has 0 fully saturated rings. The van der Waals surface area contributed by atoms with Crippen LogP contribution < -0.4 is 5.32 Å². The third-order valence-electron chi connectivity index (χ3n) is 1.61. The van der Waals surface area contributed by atoms with Crippen LogP contribution in [0, 0.1) is 5.82 Å². The Morgan fingerprint density at radius 3 is 2.56 bits per heavy atom. The first-order valence-corrected chi connectivity index (χ1v) is 4.66. The number of nitrogens with one attached hydrogen (secondary N) is 1. The Labute approximate surface area is 94.2 Å². The van der Waals surface area contributed by atoms with E-state index in [1.807, 2.05) is 0 Å². The number of benzene rings is 1. The predicted molar refractivity (Wildman–Crippen MR) is 51.9 cm³/mol. The molecule has 2 nitrogen and oxygen atoms in total. The van der Waals surface area contributed by atoms with Crippen molar-refractivity contribution in [2.24, 2.45) is 0 Å². The highest BCUT2D eigenvalue weighted by atomic mass is 35.5. The lowest BCUT2D eigenvalue weighted by molar-refractivity contribution is -0.322. The number of halogens is 5. The number of hydrogen-bond acceptors (Lipinski definition) is 2. The topological polar surface area (TPSA) is 21.3 Å². The van der Waals surface area contributed by atoms with Gasteiger partial charge in [0.15, 0.2) is 0 Å². The average Bonchev–Trinajstić information content (AvgIpc) is 2.13. The summed E-state index contributed by atoms with van der Waals surface area (Å²) in [6, 6.07) is 3.55. The van der Waals surface area contributed by atoms with Crippen LogP contribution in [-0.4, -0.2) is 19.5 Å². The molecule has 0 aliphatic heterocycles. The Hall–Kier alpha value is -1.01. The molecule has 0 aliphatic rings. The summed E-state index contributed by atoms with van der Waals surface area (Å²) in [5, 5.41) is 2.69. The van der Waals surface area contributed by atoms with E-state index in [1.165, 1.54) is 6.07 Å². The third-order valence-corrected chi connectivity index (χ3v) is 1.93. The highest BCUT2D eigenvalue weighted by Crippen LogP contribution is 2.22. The van der Waals surface area contributed by atoms with E-state index in [1.54, 1.807) is 0 Å². The van der Waals surface area contributed by atoms with Crippen LogP contribution in [0.4, 0.5) is 23.2 Å². The van der Waals surface area contributed by atoms with Crippen LogP contribution in [0.1, 0.15) is 0 Å². The van der Waals surface area contributed by atoms with Gasteiger partial charge >= 0.3 is 6.36 Å². The molecule has 16 heavy (non-hydrogen) atoms. The summed E-state index contributed by atoms with van der Waals surface area (Å²) < 4.78 is 50.9. The van der Waals surface area contributed by atoms with Gasteiger partial charge in [0.05, 0.1) is 17.3 Å². The molecular formula is C9H8ClF4NO. The maximum Gasteiger partial charge on any atom is 0.522 e. The number of ether oxygens (including phenoxy) is 1. The van der Waals surface area contributed by atoms with E-state index in [2.05, 4.69) is 10.1 Å². The number of alkyl halides is 3. The lowest BCUT2D eigenvalue weighted by Crippen LogP contribution is -2.19. The predicted octanol–water partition coefficient (Wildman–Crippen LogP) is 3.43. The van der Waals surface area contributed by atoms with Gasteiger partial charge in [-0.25, -0.2) is 4.39 Å². The molecule has 0 unspecified atom stereocenters. The fourth-order valence-electron chi connectivity index (χ4n) is 0.985. The van der Waals surface area contributed by atoms with Crippen molar-refractivity contribution in [1.29, 1.82) is 0 Å². The average molecular weight is 258 g/mol. The number of anilines is 1. The summed E-state index contributed by atoms with van der Waals surface area (Å²) >= 11 is 5.63. The van der Waals surface area contributed by atoms with Gasteiger partial charge in [-0.05, 0) is 18.2 Å². The van der Waals surface area contributed by atoms with Crippen LogP contribution in [-0.2, 0) is 4.74 Å². The SMILES string of the molecule is Fc1ccc(NCCOC(F)(F)F)c(Cl)c1. The fraction of sp³-hybridized carbons (Fsp3) is 0.333. The molecular weight excluding hydrogens is 250 g/mol. The van der Waals surface area contributed by atoms with E-state index in [-0.39, 0.29) is 11.6 Å². The van der Waals surface area contributed by atoms with Gasteiger partial charge < -0.3 is 5.32 Å². The van der Waals surface area contributed by atoms with Crippen molar-refractivity contribution in [3.8, 4) is 0 Å². The third kappa shape index (κ3) is 4.67. The van der Waals surface area contributed by atoms with Gasteiger partial charge in [-0.15, -0.1) is 13.2 Å². The molecule has 1 aromatic rings. The first kappa shape index (κ1) is 13.1. The van der Waals surface area contributed by atoms with E-state index < -0.39 is 18.8 Å². The molecule has 0 saturated carbocycles. The van der Waals surface area contributed by atoms with E-state index in [0.717, 1.165) is 12.1 Å². The van der Waals surface area contributed by atoms with Crippen molar-refractivity contribution in [2.45, 2.75) is 6.36 Å². The largest absolute Gasteiger partial charge is 0.522 e. The van der Waals surface area contributed by atoms with Gasteiger partial charge in [-0.3, -0.25) is 4.74 Å². The van der Waals surface area contributed by atoms with Gasteiger partial charge in [0.2, 0.25) is 0 Å². The van der Waals surface area contributed by atoms with Crippen molar-refractivity contribution in [3.63, 3.8) is 0 Å². The summed E-state index contributed by atoms with van der Waals surface area (Å²) in [6.07, 6.45) is -4.64. The standard InChI is InChI=1S/C9H8ClF4NO/c10-7-5-6(11)1-2-8(7)15-3-4-16-9(12,13)14/h1-2,5,15H,3-4H2. The van der Waals surface area contributed by atoms with Crippen LogP contribution in [0.3, 0.4) is 0 Å². The molecule has 0 radical (unpaired) electrons. The highest BCUT2D eigenvalue weighted by Gasteiger charge is 2.28. The van der Waals surface area contributed by atoms with Crippen LogP contribution in [0.5, 0.6) is 0 Å². The van der Waals surface area contributed by atoms with E-state index in [9.17, 15) is 17.6 Å². The minimum absolute atomic E-state index is 0.0785. The molecule has 0 bridgehead atoms. The maximum atomic E-state index is 12.6. The van der Waals surface area contributed by atoms with Crippen LogP contribution in [0.15, 0.2) is 18.2 Å². The second kappa shape index (κ2) is 5.36. The monoisotopic (exact) mass is 257 g/mol. The molecule has 90 valence electrons. The van der Waals surface area contributed by atoms with Crippen molar-refractivity contribution >= 4 is 17.3 Å². The first-order valence-electron chi connectivity index (χ1n) is 4.28. The summed E-state index contributed by atoms with van der Waals surface area (Å²) in [5.41, 5.74) is 0.355. The van der Waals surface area contributed by atoms with Gasteiger partial charge in [0.1, 0.15) is 5.82 Å². The lowest BCUT2D eigenvalue weighted by atomic mass is 10.3. The van der Waals surface area contributed by atoms with Crippen LogP contribution >= 0.6 is 11.6 Å². The van der Waals surface area contributed by atoms with Crippen molar-refractivity contribution in [3.05, 3.63) is 29.0 Å². The van der Waals surface area contributed by atoms with E-state index >= 15 is 0 Å². The van der Waals surface area contributed by atoms with E-state index in [4.69, 9.17) is 11.6 Å². The molecule has 0 heterocycles. The zero-order chi connectivity index (χ0) is 12.2. The van der Waals surface area contributed by atoms with E-state index in [0.29, 0.717) is 5.69 Å². The Kier molecular flexibility index (Phi) is 4.37. The molecule has 1 aromatic carbocycles. The van der Waals surface area contributed by atoms with Crippen LogP contribution in [0.2, 0.25) is 5.02 Å². The second-order valence-corrected chi connectivity index (χ2v) is 3.25. The zero-order valence-electron chi connectivity index (χ0n) is 7.94. The van der Waals surface area contributed by atoms with Gasteiger partial charge in [0, 0.05) is 6.54 Å². The minimum atomic E-state index is -4.64. The lowest BCUT2D eigenvalue weighted by Gasteiger charge is -2.10. The van der Waals surface area contributed by atoms with Crippen molar-refractivity contribution in [1.82, 2.24) is 0 Å². The smallest absolute Gasteiger partial charge is 0.382 e. The molecule has 1 rings (SSSR count). The highest BCUT2D eigenvalue weighted by molar-refractivity contribution is 6.33. The summed E-state index contributed by atoms with van der Waals surface area (Å²) in [4.78, 5) is 0. The number of hydrogen-bond donors (Lipinski definition) is 1. The molecule has 0 atom stereocenters. The quantitative estimate of drug-likeness (QED) is 0.659. The molecule has 0 aliphatic carbocycles. The van der Waals surface area contributed by atoms with Crippen molar-refractivity contribution < 1.29 is 22.3 Å². The number of rotatable bonds is 4. The molecule has 1 N–H and O–H groups in total. The summed E-state index contributed by atoms with van der Waals surface area (Å²) in [5.74, 6) is -0.512. The molecule has 0 aromatic heterocycles. The Balaban J connectivity index is 2.38. The van der Waals surface area contributed by atoms with Gasteiger partial charge in [0.25, 0.3) is 0 Å². The molecule has 0 amide bonds. The molecule has 0 saturated heterocycles. The summed E-state index contributed by atoms with van der Waals surface area (Å²) in [6.45, 7) is -0.623. The Bertz CT molecular complexity index is 356. The van der Waals surface area contributed by atoms with Crippen molar-refractivity contribution in [2.75, 3.05) is 18.5 Å². The Morgan fingerprint density at radius 1 is 1.31 bits per heavy atom. The first-order chi connectivity index (χ1) is 7.38. The molecule has 7 heteroatoms. The van der Waals surface area contributed by atoms with Gasteiger partial charge in [-0.1, -0.05) is 11.6 Å². The zero-order valence-corrected chi connectivity index (χ0v) is 8.70. The Morgan fingerprint density at radius 2 is 2.00 bits per heavy atom. The normalized spacial score (nSPS) is 11.6. The van der Waals surface area contributed by atoms with Gasteiger partial charge in [-0.2, -0.15) is 0 Å². The maximum absolute atomic E-state index is 12.6. The molecule has 0 spiro atoms. The minimum Gasteiger partial charge on any atom is -0.382 e.